The Balaban J connectivity index is 1.60. The summed E-state index contributed by atoms with van der Waals surface area (Å²) in [6.45, 7) is 4.26. The first-order valence-corrected chi connectivity index (χ1v) is 9.46. The quantitative estimate of drug-likeness (QED) is 0.793. The van der Waals surface area contributed by atoms with E-state index in [1.807, 2.05) is 24.3 Å². The monoisotopic (exact) mass is 357 g/mol. The van der Waals surface area contributed by atoms with E-state index in [-0.39, 0.29) is 30.8 Å². The third-order valence-electron chi connectivity index (χ3n) is 5.37. The zero-order valence-corrected chi connectivity index (χ0v) is 15.5. The minimum atomic E-state index is -0.726. The van der Waals surface area contributed by atoms with Crippen LogP contribution >= 0.6 is 0 Å². The molecule has 2 fully saturated rings. The van der Waals surface area contributed by atoms with Crippen LogP contribution in [0.25, 0.3) is 0 Å². The zero-order valence-electron chi connectivity index (χ0n) is 15.5. The van der Waals surface area contributed by atoms with Gasteiger partial charge in [-0.1, -0.05) is 51.3 Å². The van der Waals surface area contributed by atoms with Crippen molar-refractivity contribution in [1.82, 2.24) is 10.2 Å². The lowest BCUT2D eigenvalue weighted by atomic mass is 9.82. The molecule has 0 radical (unpaired) electrons. The predicted octanol–water partition coefficient (Wildman–Crippen LogP) is 3.39. The van der Waals surface area contributed by atoms with E-state index in [0.717, 1.165) is 30.5 Å². The molecule has 26 heavy (non-hydrogen) atoms. The summed E-state index contributed by atoms with van der Waals surface area (Å²) in [7, 11) is 0. The number of anilines is 1. The van der Waals surface area contributed by atoms with Gasteiger partial charge in [-0.3, -0.25) is 14.5 Å². The number of amides is 4. The zero-order chi connectivity index (χ0) is 18.7. The fourth-order valence-corrected chi connectivity index (χ4v) is 3.91. The van der Waals surface area contributed by atoms with Crippen molar-refractivity contribution < 1.29 is 14.4 Å². The van der Waals surface area contributed by atoms with Crippen molar-refractivity contribution in [1.29, 1.82) is 0 Å². The Morgan fingerprint density at radius 2 is 1.88 bits per heavy atom. The third-order valence-corrected chi connectivity index (χ3v) is 5.37. The number of para-hydroxylation sites is 1. The summed E-state index contributed by atoms with van der Waals surface area (Å²) in [4.78, 5) is 38.5. The van der Waals surface area contributed by atoms with Gasteiger partial charge in [0.1, 0.15) is 5.54 Å². The van der Waals surface area contributed by atoms with Gasteiger partial charge in [-0.05, 0) is 30.4 Å². The molecule has 1 saturated heterocycles. The number of rotatable bonds is 5. The van der Waals surface area contributed by atoms with E-state index in [1.165, 1.54) is 4.90 Å². The van der Waals surface area contributed by atoms with Gasteiger partial charge in [0.15, 0.2) is 0 Å². The normalized spacial score (nSPS) is 19.1. The maximum atomic E-state index is 12.7. The summed E-state index contributed by atoms with van der Waals surface area (Å²) < 4.78 is 0. The highest BCUT2D eigenvalue weighted by atomic mass is 16.2. The molecule has 1 heterocycles. The molecule has 2 aliphatic rings. The lowest BCUT2D eigenvalue weighted by Gasteiger charge is -2.30. The predicted molar refractivity (Wildman–Crippen MR) is 99.8 cm³/mol. The van der Waals surface area contributed by atoms with Crippen LogP contribution in [0, 0.1) is 0 Å². The standard InChI is InChI=1S/C20H27N3O3/c1-14(2)15-8-4-5-9-16(15)21-17(24)10-13-23-18(25)20(22-19(23)26)11-6-3-7-12-20/h4-5,8-9,14H,3,6-7,10-13H2,1-2H3,(H,21,24)(H,22,26). The first kappa shape index (κ1) is 18.4. The fraction of sp³-hybridized carbons (Fsp3) is 0.550. The fourth-order valence-electron chi connectivity index (χ4n) is 3.91. The number of carbonyl (C=O) groups excluding carboxylic acids is 3. The molecule has 4 amide bonds. The smallest absolute Gasteiger partial charge is 0.325 e. The van der Waals surface area contributed by atoms with E-state index in [0.29, 0.717) is 18.8 Å². The minimum absolute atomic E-state index is 0.0989. The molecule has 1 aromatic rings. The van der Waals surface area contributed by atoms with E-state index >= 15 is 0 Å². The van der Waals surface area contributed by atoms with E-state index in [2.05, 4.69) is 24.5 Å². The molecule has 3 rings (SSSR count). The lowest BCUT2D eigenvalue weighted by Crippen LogP contribution is -2.48. The van der Waals surface area contributed by atoms with Crippen molar-refractivity contribution in [2.24, 2.45) is 0 Å². The van der Waals surface area contributed by atoms with Crippen LogP contribution in [0.2, 0.25) is 0 Å². The van der Waals surface area contributed by atoms with Gasteiger partial charge >= 0.3 is 6.03 Å². The second-order valence-corrected chi connectivity index (χ2v) is 7.57. The number of nitrogens with one attached hydrogen (secondary N) is 2. The summed E-state index contributed by atoms with van der Waals surface area (Å²) in [6, 6.07) is 7.32. The second-order valence-electron chi connectivity index (χ2n) is 7.57. The van der Waals surface area contributed by atoms with Gasteiger partial charge in [0.25, 0.3) is 5.91 Å². The van der Waals surface area contributed by atoms with Crippen LogP contribution in [-0.2, 0) is 9.59 Å². The van der Waals surface area contributed by atoms with Gasteiger partial charge in [-0.25, -0.2) is 4.79 Å². The highest BCUT2D eigenvalue weighted by molar-refractivity contribution is 6.07. The van der Waals surface area contributed by atoms with Gasteiger partial charge in [0.05, 0.1) is 0 Å². The van der Waals surface area contributed by atoms with E-state index in [4.69, 9.17) is 0 Å². The number of imide groups is 1. The molecule has 1 aliphatic carbocycles. The molecular formula is C20H27N3O3. The largest absolute Gasteiger partial charge is 0.326 e. The summed E-state index contributed by atoms with van der Waals surface area (Å²) in [6.07, 6.45) is 4.49. The topological polar surface area (TPSA) is 78.5 Å². The number of hydrogen-bond donors (Lipinski definition) is 2. The van der Waals surface area contributed by atoms with Crippen molar-refractivity contribution in [3.05, 3.63) is 29.8 Å². The average Bonchev–Trinajstić information content (AvgIpc) is 2.84. The molecule has 6 heteroatoms. The van der Waals surface area contributed by atoms with Crippen molar-refractivity contribution in [2.75, 3.05) is 11.9 Å². The van der Waals surface area contributed by atoms with Crippen LogP contribution in [0.4, 0.5) is 10.5 Å². The van der Waals surface area contributed by atoms with Crippen LogP contribution in [0.1, 0.15) is 63.9 Å². The number of hydrogen-bond acceptors (Lipinski definition) is 3. The van der Waals surface area contributed by atoms with Gasteiger partial charge in [-0.15, -0.1) is 0 Å². The number of benzene rings is 1. The van der Waals surface area contributed by atoms with Gasteiger partial charge in [-0.2, -0.15) is 0 Å². The Morgan fingerprint density at radius 3 is 2.58 bits per heavy atom. The van der Waals surface area contributed by atoms with Gasteiger partial charge < -0.3 is 10.6 Å². The Kier molecular flexibility index (Phi) is 5.30. The van der Waals surface area contributed by atoms with Crippen LogP contribution in [0.5, 0.6) is 0 Å². The van der Waals surface area contributed by atoms with Crippen LogP contribution in [-0.4, -0.2) is 34.8 Å². The number of urea groups is 1. The molecule has 1 spiro atoms. The van der Waals surface area contributed by atoms with Crippen LogP contribution in [0.3, 0.4) is 0 Å². The second kappa shape index (κ2) is 7.48. The Morgan fingerprint density at radius 1 is 1.19 bits per heavy atom. The third kappa shape index (κ3) is 3.59. The first-order valence-electron chi connectivity index (χ1n) is 9.46. The molecule has 0 aromatic heterocycles. The van der Waals surface area contributed by atoms with Crippen molar-refractivity contribution in [3.8, 4) is 0 Å². The highest BCUT2D eigenvalue weighted by Gasteiger charge is 2.51. The summed E-state index contributed by atoms with van der Waals surface area (Å²) >= 11 is 0. The molecule has 0 atom stereocenters. The maximum Gasteiger partial charge on any atom is 0.325 e. The molecule has 6 nitrogen and oxygen atoms in total. The molecule has 2 N–H and O–H groups in total. The van der Waals surface area contributed by atoms with Crippen molar-refractivity contribution in [3.63, 3.8) is 0 Å². The Bertz CT molecular complexity index is 708. The highest BCUT2D eigenvalue weighted by Crippen LogP contribution is 2.33. The molecule has 0 unspecified atom stereocenters. The SMILES string of the molecule is CC(C)c1ccccc1NC(=O)CCN1C(=O)NC2(CCCCC2)C1=O. The van der Waals surface area contributed by atoms with Crippen LogP contribution < -0.4 is 10.6 Å². The van der Waals surface area contributed by atoms with E-state index in [9.17, 15) is 14.4 Å². The molecule has 140 valence electrons. The molecule has 1 saturated carbocycles. The minimum Gasteiger partial charge on any atom is -0.326 e. The van der Waals surface area contributed by atoms with E-state index < -0.39 is 5.54 Å². The van der Waals surface area contributed by atoms with Crippen molar-refractivity contribution >= 4 is 23.5 Å². The lowest BCUT2D eigenvalue weighted by molar-refractivity contribution is -0.132. The summed E-state index contributed by atoms with van der Waals surface area (Å²) in [5, 5.41) is 5.78. The Labute approximate surface area is 154 Å². The molecular weight excluding hydrogens is 330 g/mol. The molecule has 1 aromatic carbocycles. The summed E-state index contributed by atoms with van der Waals surface area (Å²) in [5.74, 6) is -0.0653. The number of nitrogens with zero attached hydrogens (tertiary/aromatic N) is 1. The van der Waals surface area contributed by atoms with Gasteiger partial charge in [0, 0.05) is 18.7 Å². The van der Waals surface area contributed by atoms with E-state index in [1.54, 1.807) is 0 Å². The van der Waals surface area contributed by atoms with Gasteiger partial charge in [0.2, 0.25) is 5.91 Å². The number of carbonyl (C=O) groups is 3. The average molecular weight is 357 g/mol. The summed E-state index contributed by atoms with van der Waals surface area (Å²) in [5.41, 5.74) is 1.13. The van der Waals surface area contributed by atoms with Crippen molar-refractivity contribution in [2.45, 2.75) is 63.8 Å². The first-order chi connectivity index (χ1) is 12.4. The molecule has 0 bridgehead atoms. The Hall–Kier alpha value is -2.37. The maximum absolute atomic E-state index is 12.7. The van der Waals surface area contributed by atoms with Crippen LogP contribution in [0.15, 0.2) is 24.3 Å². The molecule has 1 aliphatic heterocycles.